The standard InChI is InChI=1S/CNO2P/c2-1-5(3)4. The lowest BCUT2D eigenvalue weighted by Gasteiger charge is -1.31. The van der Waals surface area contributed by atoms with Crippen LogP contribution in [0, 0.1) is 11.1 Å². The number of hydrogen-bond donors (Lipinski definition) is 0. The van der Waals surface area contributed by atoms with Gasteiger partial charge in [-0.25, -0.2) is 9.13 Å². The van der Waals surface area contributed by atoms with E-state index in [0.29, 0.717) is 0 Å². The Balaban J connectivity index is 3.88. The Kier molecular flexibility index (Phi) is 1.48. The van der Waals surface area contributed by atoms with Gasteiger partial charge in [-0.05, 0) is 0 Å². The summed E-state index contributed by atoms with van der Waals surface area (Å²) in [5.41, 5.74) is 0. The average molecular weight is 89.0 g/mol. The minimum atomic E-state index is -2.79. The molecule has 0 heterocycles. The summed E-state index contributed by atoms with van der Waals surface area (Å²) in [6.45, 7) is 0. The molecule has 0 spiro atoms. The van der Waals surface area contributed by atoms with Crippen molar-refractivity contribution in [1.29, 1.82) is 5.26 Å². The van der Waals surface area contributed by atoms with Gasteiger partial charge < -0.3 is 0 Å². The summed E-state index contributed by atoms with van der Waals surface area (Å²) >= 11 is 0. The van der Waals surface area contributed by atoms with Gasteiger partial charge in [-0.2, -0.15) is 5.26 Å². The Bertz CT molecular complexity index is 110. The van der Waals surface area contributed by atoms with Crippen molar-refractivity contribution in [3.8, 4) is 5.81 Å². The van der Waals surface area contributed by atoms with Gasteiger partial charge in [0.1, 0.15) is 0 Å². The van der Waals surface area contributed by atoms with E-state index < -0.39 is 7.68 Å². The van der Waals surface area contributed by atoms with Gasteiger partial charge in [0, 0.05) is 0 Å². The molecule has 0 aromatic carbocycles. The first-order chi connectivity index (χ1) is 2.27. The molecule has 4 heteroatoms. The molecule has 0 unspecified atom stereocenters. The van der Waals surface area contributed by atoms with E-state index >= 15 is 0 Å². The predicted molar refractivity (Wildman–Crippen MR) is 13.9 cm³/mol. The van der Waals surface area contributed by atoms with Crippen molar-refractivity contribution in [3.63, 3.8) is 0 Å². The van der Waals surface area contributed by atoms with Crippen molar-refractivity contribution >= 4 is 7.68 Å². The molecule has 26 valence electrons. The molecule has 0 rings (SSSR count). The third-order valence-electron chi connectivity index (χ3n) is 0.0816. The van der Waals surface area contributed by atoms with E-state index in [1.165, 1.54) is 0 Å². The number of nitriles is 1. The van der Waals surface area contributed by atoms with E-state index in [2.05, 4.69) is 0 Å². The predicted octanol–water partition coefficient (Wildman–Crippen LogP) is 0.640. The molecule has 0 N–H and O–H groups in total. The van der Waals surface area contributed by atoms with Gasteiger partial charge in [0.2, 0.25) is 5.81 Å². The number of nitrogens with zero attached hydrogens (tertiary/aromatic N) is 1. The number of rotatable bonds is 0. The lowest BCUT2D eigenvalue weighted by molar-refractivity contribution is 0.523. The normalized spacial score (nSPS) is 5.40. The Morgan fingerprint density at radius 3 is 1.80 bits per heavy atom. The summed E-state index contributed by atoms with van der Waals surface area (Å²) in [4.78, 5) is 0. The van der Waals surface area contributed by atoms with E-state index in [0.717, 1.165) is 5.81 Å². The molecule has 5 heavy (non-hydrogen) atoms. The molecule has 3 nitrogen and oxygen atoms in total. The molecule has 0 aliphatic carbocycles. The largest absolute Gasteiger partial charge is 0.422 e. The fourth-order valence-corrected chi connectivity index (χ4v) is 0. The van der Waals surface area contributed by atoms with Crippen molar-refractivity contribution in [2.24, 2.45) is 0 Å². The first kappa shape index (κ1) is 4.39. The van der Waals surface area contributed by atoms with Crippen molar-refractivity contribution < 1.29 is 9.13 Å². The van der Waals surface area contributed by atoms with Crippen LogP contribution >= 0.6 is 7.68 Å². The molecule has 0 aliphatic heterocycles. The van der Waals surface area contributed by atoms with Crippen LogP contribution in [-0.2, 0) is 9.13 Å². The zero-order valence-electron chi connectivity index (χ0n) is 2.21. The highest BCUT2D eigenvalue weighted by Crippen LogP contribution is 1.92. The van der Waals surface area contributed by atoms with Crippen LogP contribution in [0.3, 0.4) is 0 Å². The van der Waals surface area contributed by atoms with E-state index in [1.54, 1.807) is 0 Å². The molecule has 0 amide bonds. The topological polar surface area (TPSA) is 57.9 Å². The van der Waals surface area contributed by atoms with Crippen LogP contribution in [0.25, 0.3) is 0 Å². The van der Waals surface area contributed by atoms with E-state index in [4.69, 9.17) is 14.4 Å². The molecule has 0 atom stereocenters. The Morgan fingerprint density at radius 1 is 1.60 bits per heavy atom. The molecule has 0 aliphatic rings. The number of hydrogen-bond acceptors (Lipinski definition) is 3. The SMILES string of the molecule is N#CP(=O)=O. The van der Waals surface area contributed by atoms with E-state index in [9.17, 15) is 0 Å². The maximum atomic E-state index is 9.04. The lowest BCUT2D eigenvalue weighted by atomic mass is 11.8. The highest BCUT2D eigenvalue weighted by atomic mass is 31.1. The molecule has 0 fully saturated rings. The summed E-state index contributed by atoms with van der Waals surface area (Å²) in [7, 11) is -2.79. The highest BCUT2D eigenvalue weighted by Gasteiger charge is 1.70. The van der Waals surface area contributed by atoms with Crippen molar-refractivity contribution in [3.05, 3.63) is 0 Å². The van der Waals surface area contributed by atoms with Crippen LogP contribution in [0.4, 0.5) is 0 Å². The molecular formula is CNO2P. The fourth-order valence-electron chi connectivity index (χ4n) is 0. The average Bonchev–Trinajstić information content (AvgIpc) is 1.38. The Labute approximate surface area is 29.0 Å². The molecule has 0 saturated heterocycles. The van der Waals surface area contributed by atoms with Crippen molar-refractivity contribution in [1.82, 2.24) is 0 Å². The third-order valence-corrected chi connectivity index (χ3v) is 0.245. The van der Waals surface area contributed by atoms with Crippen LogP contribution < -0.4 is 0 Å². The smallest absolute Gasteiger partial charge is 0.220 e. The second-order valence-corrected chi connectivity index (χ2v) is 1.07. The van der Waals surface area contributed by atoms with Gasteiger partial charge >= 0.3 is 7.68 Å². The van der Waals surface area contributed by atoms with Crippen LogP contribution in [0.2, 0.25) is 0 Å². The molecule has 0 bridgehead atoms. The molecule has 0 saturated carbocycles. The minimum Gasteiger partial charge on any atom is -0.220 e. The zero-order chi connectivity index (χ0) is 4.28. The van der Waals surface area contributed by atoms with Crippen LogP contribution in [0.15, 0.2) is 0 Å². The zero-order valence-corrected chi connectivity index (χ0v) is 3.11. The molecule has 0 aromatic heterocycles. The van der Waals surface area contributed by atoms with Gasteiger partial charge in [0.15, 0.2) is 0 Å². The van der Waals surface area contributed by atoms with E-state index in [1.807, 2.05) is 0 Å². The summed E-state index contributed by atoms with van der Waals surface area (Å²) in [5, 5.41) is 7.30. The van der Waals surface area contributed by atoms with Crippen molar-refractivity contribution in [2.45, 2.75) is 0 Å². The summed E-state index contributed by atoms with van der Waals surface area (Å²) in [6.07, 6.45) is 0. The maximum absolute atomic E-state index is 9.04. The van der Waals surface area contributed by atoms with Crippen LogP contribution in [0.1, 0.15) is 0 Å². The minimum absolute atomic E-state index is 0.981. The Hall–Kier alpha value is -0.610. The first-order valence-corrected chi connectivity index (χ1v) is 1.99. The van der Waals surface area contributed by atoms with Gasteiger partial charge in [-0.1, -0.05) is 0 Å². The monoisotopic (exact) mass is 89.0 g/mol. The van der Waals surface area contributed by atoms with Crippen LogP contribution in [0.5, 0.6) is 0 Å². The molecule has 0 aromatic rings. The van der Waals surface area contributed by atoms with Gasteiger partial charge in [-0.3, -0.25) is 0 Å². The lowest BCUT2D eigenvalue weighted by Crippen LogP contribution is -1.18. The molecule has 0 radical (unpaired) electrons. The Morgan fingerprint density at radius 2 is 1.80 bits per heavy atom. The van der Waals surface area contributed by atoms with Gasteiger partial charge in [0.25, 0.3) is 0 Å². The van der Waals surface area contributed by atoms with Crippen molar-refractivity contribution in [2.75, 3.05) is 0 Å². The second kappa shape index (κ2) is 1.68. The van der Waals surface area contributed by atoms with Gasteiger partial charge in [0.05, 0.1) is 0 Å². The molecular weight excluding hydrogens is 89.0 g/mol. The first-order valence-electron chi connectivity index (χ1n) is 0.812. The summed E-state index contributed by atoms with van der Waals surface area (Å²) in [6, 6.07) is 0. The summed E-state index contributed by atoms with van der Waals surface area (Å²) in [5.74, 6) is 0.981. The van der Waals surface area contributed by atoms with Gasteiger partial charge in [-0.15, -0.1) is 0 Å². The fraction of sp³-hybridized carbons (Fsp3) is 0. The second-order valence-electron chi connectivity index (χ2n) is 0.357. The highest BCUT2D eigenvalue weighted by molar-refractivity contribution is 7.36. The van der Waals surface area contributed by atoms with E-state index in [-0.39, 0.29) is 0 Å². The summed E-state index contributed by atoms with van der Waals surface area (Å²) < 4.78 is 18.1. The third kappa shape index (κ3) is 3.39. The van der Waals surface area contributed by atoms with Crippen LogP contribution in [-0.4, -0.2) is 0 Å². The quantitative estimate of drug-likeness (QED) is 0.409. The maximum Gasteiger partial charge on any atom is 0.422 e.